The first-order chi connectivity index (χ1) is 15.8. The molecule has 0 radical (unpaired) electrons. The van der Waals surface area contributed by atoms with Gasteiger partial charge in [0.25, 0.3) is 0 Å². The number of alkyl carbamates (subject to hydrolysis) is 1. The molecule has 1 aromatic carbocycles. The average Bonchev–Trinajstić information content (AvgIpc) is 3.11. The number of aromatic nitrogens is 3. The molecule has 0 saturated heterocycles. The molecule has 33 heavy (non-hydrogen) atoms. The second-order valence-corrected chi connectivity index (χ2v) is 9.02. The number of benzene rings is 1. The third kappa shape index (κ3) is 5.84. The maximum atomic E-state index is 12.4. The topological polar surface area (TPSA) is 87.5 Å². The lowest BCUT2D eigenvalue weighted by Gasteiger charge is -2.32. The van der Waals surface area contributed by atoms with Crippen molar-refractivity contribution in [1.82, 2.24) is 19.9 Å². The highest BCUT2D eigenvalue weighted by Crippen LogP contribution is 2.41. The van der Waals surface area contributed by atoms with Crippen LogP contribution in [0.15, 0.2) is 41.1 Å². The molecule has 1 amide bonds. The Balaban J connectivity index is 1.90. The van der Waals surface area contributed by atoms with Crippen molar-refractivity contribution in [3.63, 3.8) is 0 Å². The molecule has 3 aromatic rings. The van der Waals surface area contributed by atoms with Crippen LogP contribution in [0, 0.1) is 0 Å². The van der Waals surface area contributed by atoms with Crippen molar-refractivity contribution in [2.45, 2.75) is 46.1 Å². The number of fused-ring (bicyclic) bond motifs is 1. The van der Waals surface area contributed by atoms with Crippen molar-refractivity contribution >= 4 is 44.7 Å². The van der Waals surface area contributed by atoms with E-state index >= 15 is 0 Å². The van der Waals surface area contributed by atoms with Gasteiger partial charge < -0.3 is 24.1 Å². The van der Waals surface area contributed by atoms with Crippen LogP contribution in [-0.4, -0.2) is 40.4 Å². The number of nitrogens with zero attached hydrogens (tertiary/aromatic N) is 3. The van der Waals surface area contributed by atoms with E-state index in [1.165, 1.54) is 6.33 Å². The van der Waals surface area contributed by atoms with Crippen LogP contribution in [-0.2, 0) is 26.4 Å². The van der Waals surface area contributed by atoms with Crippen molar-refractivity contribution in [3.8, 4) is 0 Å². The summed E-state index contributed by atoms with van der Waals surface area (Å²) < 4.78 is 19.8. The first-order valence-corrected chi connectivity index (χ1v) is 11.9. The summed E-state index contributed by atoms with van der Waals surface area (Å²) in [6.07, 6.45) is 0.234. The van der Waals surface area contributed by atoms with Crippen molar-refractivity contribution < 1.29 is 19.0 Å². The maximum absolute atomic E-state index is 12.4. The number of rotatable bonds is 10. The van der Waals surface area contributed by atoms with Crippen LogP contribution in [0.2, 0.25) is 5.15 Å². The van der Waals surface area contributed by atoms with Gasteiger partial charge in [0.15, 0.2) is 6.29 Å². The standard InChI is InChI=1S/C23H28BrClN4O4/c1-5-31-21(32-6-2)18-17(24)16-19(25)27-14-28-20(16)29(18)23(3,4)13-26-22(30)33-12-15-10-8-7-9-11-15/h7-11,14,21H,5-6,12-13H2,1-4H3,(H,26,30). The number of nitrogens with one attached hydrogen (secondary N) is 1. The Kier molecular flexibility index (Phi) is 8.69. The van der Waals surface area contributed by atoms with E-state index in [-0.39, 0.29) is 13.2 Å². The molecule has 0 aliphatic carbocycles. The maximum Gasteiger partial charge on any atom is 0.407 e. The largest absolute Gasteiger partial charge is 0.445 e. The fraction of sp³-hybridized carbons (Fsp3) is 0.435. The lowest BCUT2D eigenvalue weighted by atomic mass is 10.0. The van der Waals surface area contributed by atoms with Gasteiger partial charge in [0.05, 0.1) is 21.1 Å². The fourth-order valence-electron chi connectivity index (χ4n) is 3.53. The third-order valence-electron chi connectivity index (χ3n) is 5.02. The number of hydrogen-bond acceptors (Lipinski definition) is 6. The third-order valence-corrected chi connectivity index (χ3v) is 6.11. The van der Waals surface area contributed by atoms with Crippen LogP contribution in [0.5, 0.6) is 0 Å². The molecule has 178 valence electrons. The van der Waals surface area contributed by atoms with E-state index in [9.17, 15) is 4.79 Å². The molecule has 0 saturated carbocycles. The molecular formula is C23H28BrClN4O4. The normalized spacial score (nSPS) is 11.8. The number of halogens is 2. The van der Waals surface area contributed by atoms with E-state index in [0.29, 0.717) is 39.6 Å². The van der Waals surface area contributed by atoms with Gasteiger partial charge in [-0.1, -0.05) is 41.9 Å². The highest BCUT2D eigenvalue weighted by atomic mass is 79.9. The van der Waals surface area contributed by atoms with Crippen LogP contribution < -0.4 is 5.32 Å². The number of hydrogen-bond donors (Lipinski definition) is 1. The lowest BCUT2D eigenvalue weighted by molar-refractivity contribution is -0.145. The van der Waals surface area contributed by atoms with E-state index in [1.54, 1.807) is 0 Å². The minimum Gasteiger partial charge on any atom is -0.445 e. The number of amides is 1. The summed E-state index contributed by atoms with van der Waals surface area (Å²) in [5, 5.41) is 3.82. The molecule has 1 N–H and O–H groups in total. The summed E-state index contributed by atoms with van der Waals surface area (Å²) in [6.45, 7) is 9.09. The predicted molar refractivity (Wildman–Crippen MR) is 130 cm³/mol. The zero-order chi connectivity index (χ0) is 24.0. The molecule has 0 spiro atoms. The van der Waals surface area contributed by atoms with Crippen LogP contribution in [0.3, 0.4) is 0 Å². The summed E-state index contributed by atoms with van der Waals surface area (Å²) in [5.74, 6) is 0. The Morgan fingerprint density at radius 2 is 1.85 bits per heavy atom. The lowest BCUT2D eigenvalue weighted by Crippen LogP contribution is -2.42. The van der Waals surface area contributed by atoms with Gasteiger partial charge in [-0.15, -0.1) is 0 Å². The zero-order valence-corrected chi connectivity index (χ0v) is 21.4. The molecular weight excluding hydrogens is 512 g/mol. The van der Waals surface area contributed by atoms with Crippen LogP contribution >= 0.6 is 27.5 Å². The Labute approximate surface area is 206 Å². The van der Waals surface area contributed by atoms with Crippen LogP contribution in [0.1, 0.15) is 45.2 Å². The van der Waals surface area contributed by atoms with Crippen molar-refractivity contribution in [2.24, 2.45) is 0 Å². The summed E-state index contributed by atoms with van der Waals surface area (Å²) in [5.41, 5.74) is 1.58. The van der Waals surface area contributed by atoms with Crippen molar-refractivity contribution in [1.29, 1.82) is 0 Å². The van der Waals surface area contributed by atoms with Crippen molar-refractivity contribution in [3.05, 3.63) is 57.5 Å². The summed E-state index contributed by atoms with van der Waals surface area (Å²) in [4.78, 5) is 21.0. The molecule has 0 aliphatic heterocycles. The average molecular weight is 540 g/mol. The molecule has 10 heteroatoms. The van der Waals surface area contributed by atoms with E-state index in [0.717, 1.165) is 5.56 Å². The van der Waals surface area contributed by atoms with E-state index in [1.807, 2.05) is 62.6 Å². The Morgan fingerprint density at radius 1 is 1.18 bits per heavy atom. The van der Waals surface area contributed by atoms with Gasteiger partial charge in [-0.05, 0) is 49.2 Å². The Hall–Kier alpha value is -2.20. The number of ether oxygens (including phenoxy) is 3. The van der Waals surface area contributed by atoms with Gasteiger partial charge in [-0.2, -0.15) is 0 Å². The number of carbonyl (C=O) groups is 1. The zero-order valence-electron chi connectivity index (χ0n) is 19.1. The molecule has 8 nitrogen and oxygen atoms in total. The fourth-order valence-corrected chi connectivity index (χ4v) is 4.59. The van der Waals surface area contributed by atoms with Gasteiger partial charge in [0.2, 0.25) is 0 Å². The number of carbonyl (C=O) groups excluding carboxylic acids is 1. The SMILES string of the molecule is CCOC(OCC)c1c(Br)c2c(Cl)ncnc2n1C(C)(C)CNC(=O)OCc1ccccc1. The van der Waals surface area contributed by atoms with Crippen molar-refractivity contribution in [2.75, 3.05) is 19.8 Å². The molecule has 0 aliphatic rings. The van der Waals surface area contributed by atoms with Gasteiger partial charge in [-0.3, -0.25) is 0 Å². The van der Waals surface area contributed by atoms with E-state index in [4.69, 9.17) is 25.8 Å². The molecule has 0 fully saturated rings. The summed E-state index contributed by atoms with van der Waals surface area (Å²) in [7, 11) is 0. The molecule has 0 unspecified atom stereocenters. The molecule has 2 aromatic heterocycles. The van der Waals surface area contributed by atoms with Gasteiger partial charge in [0, 0.05) is 19.8 Å². The quantitative estimate of drug-likeness (QED) is 0.267. The minimum atomic E-state index is -0.663. The summed E-state index contributed by atoms with van der Waals surface area (Å²) in [6, 6.07) is 9.51. The first kappa shape index (κ1) is 25.4. The van der Waals surface area contributed by atoms with Gasteiger partial charge in [0.1, 0.15) is 23.7 Å². The smallest absolute Gasteiger partial charge is 0.407 e. The Bertz CT molecular complexity index is 1090. The molecule has 0 bridgehead atoms. The monoisotopic (exact) mass is 538 g/mol. The van der Waals surface area contributed by atoms with Gasteiger partial charge >= 0.3 is 6.09 Å². The highest BCUT2D eigenvalue weighted by Gasteiger charge is 2.34. The van der Waals surface area contributed by atoms with Gasteiger partial charge in [-0.25, -0.2) is 14.8 Å². The Morgan fingerprint density at radius 3 is 2.48 bits per heavy atom. The molecule has 3 rings (SSSR count). The highest BCUT2D eigenvalue weighted by molar-refractivity contribution is 9.10. The second-order valence-electron chi connectivity index (χ2n) is 7.87. The predicted octanol–water partition coefficient (Wildman–Crippen LogP) is 5.58. The van der Waals surface area contributed by atoms with Crippen LogP contribution in [0.25, 0.3) is 11.0 Å². The minimum absolute atomic E-state index is 0.190. The van der Waals surface area contributed by atoms with E-state index in [2.05, 4.69) is 31.2 Å². The summed E-state index contributed by atoms with van der Waals surface area (Å²) >= 11 is 10.1. The first-order valence-electron chi connectivity index (χ1n) is 10.7. The molecule has 0 atom stereocenters. The van der Waals surface area contributed by atoms with Crippen LogP contribution in [0.4, 0.5) is 4.79 Å². The second kappa shape index (κ2) is 11.3. The molecule has 2 heterocycles. The van der Waals surface area contributed by atoms with E-state index < -0.39 is 17.9 Å².